The first kappa shape index (κ1) is 15.0. The first-order valence-electron chi connectivity index (χ1n) is 6.86. The van der Waals surface area contributed by atoms with Crippen molar-refractivity contribution in [1.82, 2.24) is 5.32 Å². The Morgan fingerprint density at radius 3 is 2.41 bits per heavy atom. The molecule has 1 fully saturated rings. The van der Waals surface area contributed by atoms with Gasteiger partial charge in [-0.3, -0.25) is 0 Å². The second kappa shape index (κ2) is 7.37. The average Bonchev–Trinajstić information content (AvgIpc) is 2.27. The molecule has 0 amide bonds. The lowest BCUT2D eigenvalue weighted by atomic mass is 9.84. The Hall–Kier alpha value is -0.0900. The normalized spacial score (nSPS) is 20.4. The second-order valence-electron chi connectivity index (χ2n) is 5.50. The molecule has 1 atom stereocenters. The molecule has 0 aromatic heterocycles. The smallest absolute Gasteiger partial charge is 0.147 e. The summed E-state index contributed by atoms with van der Waals surface area (Å²) in [5, 5.41) is 3.34. The lowest BCUT2D eigenvalue weighted by molar-refractivity contribution is 0.296. The van der Waals surface area contributed by atoms with Crippen molar-refractivity contribution >= 4 is 9.84 Å². The molecule has 0 aliphatic heterocycles. The predicted molar refractivity (Wildman–Crippen MR) is 73.0 cm³/mol. The molecule has 102 valence electrons. The molecule has 1 aliphatic carbocycles. The monoisotopic (exact) mass is 261 g/mol. The lowest BCUT2D eigenvalue weighted by Crippen LogP contribution is -2.29. The van der Waals surface area contributed by atoms with Crippen LogP contribution in [0.1, 0.15) is 51.4 Å². The Balaban J connectivity index is 2.23. The van der Waals surface area contributed by atoms with E-state index < -0.39 is 9.84 Å². The summed E-state index contributed by atoms with van der Waals surface area (Å²) >= 11 is 0. The topological polar surface area (TPSA) is 46.2 Å². The maximum absolute atomic E-state index is 11.1. The zero-order valence-electron chi connectivity index (χ0n) is 11.2. The van der Waals surface area contributed by atoms with Crippen LogP contribution >= 0.6 is 0 Å². The van der Waals surface area contributed by atoms with Gasteiger partial charge in [0, 0.05) is 18.1 Å². The summed E-state index contributed by atoms with van der Waals surface area (Å²) in [5.41, 5.74) is 0. The summed E-state index contributed by atoms with van der Waals surface area (Å²) in [7, 11) is -0.795. The van der Waals surface area contributed by atoms with Crippen LogP contribution in [0.5, 0.6) is 0 Å². The average molecular weight is 261 g/mol. The SMILES string of the molecule is CNC(CCCS(C)(=O)=O)CC1CCCCC1. The fraction of sp³-hybridized carbons (Fsp3) is 1.00. The van der Waals surface area contributed by atoms with Gasteiger partial charge in [-0.25, -0.2) is 8.42 Å². The molecular weight excluding hydrogens is 234 g/mol. The molecule has 0 aromatic carbocycles. The van der Waals surface area contributed by atoms with Crippen LogP contribution in [0.25, 0.3) is 0 Å². The quantitative estimate of drug-likeness (QED) is 0.765. The van der Waals surface area contributed by atoms with E-state index >= 15 is 0 Å². The Morgan fingerprint density at radius 1 is 1.24 bits per heavy atom. The molecular formula is C13H27NO2S. The molecule has 1 aliphatic rings. The van der Waals surface area contributed by atoms with Crippen LogP contribution in [0.4, 0.5) is 0 Å². The number of hydrogen-bond acceptors (Lipinski definition) is 3. The number of rotatable bonds is 7. The van der Waals surface area contributed by atoms with Crippen molar-refractivity contribution in [3.63, 3.8) is 0 Å². The van der Waals surface area contributed by atoms with Crippen LogP contribution in [0.3, 0.4) is 0 Å². The molecule has 3 nitrogen and oxygen atoms in total. The van der Waals surface area contributed by atoms with Crippen LogP contribution in [0.15, 0.2) is 0 Å². The van der Waals surface area contributed by atoms with Gasteiger partial charge in [0.2, 0.25) is 0 Å². The third-order valence-corrected chi connectivity index (χ3v) is 4.85. The highest BCUT2D eigenvalue weighted by Crippen LogP contribution is 2.28. The molecule has 1 N–H and O–H groups in total. The number of sulfone groups is 1. The van der Waals surface area contributed by atoms with Gasteiger partial charge in [0.15, 0.2) is 0 Å². The first-order chi connectivity index (χ1) is 8.01. The Kier molecular flexibility index (Phi) is 6.49. The van der Waals surface area contributed by atoms with Crippen molar-refractivity contribution in [2.75, 3.05) is 19.1 Å². The molecule has 4 heteroatoms. The highest BCUT2D eigenvalue weighted by molar-refractivity contribution is 7.90. The minimum absolute atomic E-state index is 0.329. The Labute approximate surface area is 106 Å². The van der Waals surface area contributed by atoms with Crippen LogP contribution < -0.4 is 5.32 Å². The number of nitrogens with one attached hydrogen (secondary N) is 1. The summed E-state index contributed by atoms with van der Waals surface area (Å²) in [6.07, 6.45) is 11.2. The van der Waals surface area contributed by atoms with Crippen molar-refractivity contribution < 1.29 is 8.42 Å². The summed E-state index contributed by atoms with van der Waals surface area (Å²) < 4.78 is 22.1. The Bertz CT molecular complexity index is 295. The van der Waals surface area contributed by atoms with Gasteiger partial charge in [-0.05, 0) is 32.2 Å². The minimum atomic E-state index is -2.79. The summed E-state index contributed by atoms with van der Waals surface area (Å²) in [4.78, 5) is 0. The van der Waals surface area contributed by atoms with Gasteiger partial charge in [0.05, 0.1) is 0 Å². The van der Waals surface area contributed by atoms with Crippen LogP contribution in [0, 0.1) is 5.92 Å². The molecule has 0 heterocycles. The van der Waals surface area contributed by atoms with E-state index in [0.717, 1.165) is 18.8 Å². The fourth-order valence-electron chi connectivity index (χ4n) is 2.80. The zero-order chi connectivity index (χ0) is 12.7. The third-order valence-electron chi connectivity index (χ3n) is 3.82. The van der Waals surface area contributed by atoms with E-state index in [1.165, 1.54) is 44.8 Å². The molecule has 0 aromatic rings. The molecule has 1 rings (SSSR count). The van der Waals surface area contributed by atoms with Gasteiger partial charge >= 0.3 is 0 Å². The lowest BCUT2D eigenvalue weighted by Gasteiger charge is -2.26. The van der Waals surface area contributed by atoms with Gasteiger partial charge < -0.3 is 5.32 Å². The van der Waals surface area contributed by atoms with E-state index in [0.29, 0.717) is 11.8 Å². The summed E-state index contributed by atoms with van der Waals surface area (Å²) in [6.45, 7) is 0. The molecule has 0 radical (unpaired) electrons. The molecule has 0 bridgehead atoms. The van der Waals surface area contributed by atoms with Gasteiger partial charge in [-0.2, -0.15) is 0 Å². The van der Waals surface area contributed by atoms with E-state index in [-0.39, 0.29) is 0 Å². The maximum atomic E-state index is 11.1. The molecule has 1 saturated carbocycles. The highest BCUT2D eigenvalue weighted by atomic mass is 32.2. The minimum Gasteiger partial charge on any atom is -0.317 e. The van der Waals surface area contributed by atoms with Crippen LogP contribution in [-0.4, -0.2) is 33.5 Å². The van der Waals surface area contributed by atoms with E-state index in [9.17, 15) is 8.42 Å². The van der Waals surface area contributed by atoms with Gasteiger partial charge in [0.1, 0.15) is 9.84 Å². The standard InChI is InChI=1S/C13H27NO2S/c1-14-13(9-6-10-17(2,15)16)11-12-7-4-3-5-8-12/h12-14H,3-11H2,1-2H3. The van der Waals surface area contributed by atoms with E-state index in [4.69, 9.17) is 0 Å². The van der Waals surface area contributed by atoms with Crippen molar-refractivity contribution in [3.05, 3.63) is 0 Å². The molecule has 17 heavy (non-hydrogen) atoms. The van der Waals surface area contributed by atoms with Crippen molar-refractivity contribution in [2.45, 2.75) is 57.4 Å². The molecule has 1 unspecified atom stereocenters. The molecule has 0 spiro atoms. The predicted octanol–water partition coefficient (Wildman–Crippen LogP) is 2.37. The summed E-state index contributed by atoms with van der Waals surface area (Å²) in [6, 6.07) is 0.500. The first-order valence-corrected chi connectivity index (χ1v) is 8.92. The Morgan fingerprint density at radius 2 is 1.88 bits per heavy atom. The summed E-state index contributed by atoms with van der Waals surface area (Å²) in [5.74, 6) is 1.19. The fourth-order valence-corrected chi connectivity index (χ4v) is 3.49. The van der Waals surface area contributed by atoms with Crippen LogP contribution in [-0.2, 0) is 9.84 Å². The van der Waals surface area contributed by atoms with Gasteiger partial charge in [0.25, 0.3) is 0 Å². The highest BCUT2D eigenvalue weighted by Gasteiger charge is 2.18. The van der Waals surface area contributed by atoms with E-state index in [2.05, 4.69) is 5.32 Å². The third kappa shape index (κ3) is 7.04. The largest absolute Gasteiger partial charge is 0.317 e. The molecule has 0 saturated heterocycles. The maximum Gasteiger partial charge on any atom is 0.147 e. The van der Waals surface area contributed by atoms with Crippen molar-refractivity contribution in [3.8, 4) is 0 Å². The van der Waals surface area contributed by atoms with Crippen molar-refractivity contribution in [2.24, 2.45) is 5.92 Å². The van der Waals surface area contributed by atoms with Crippen molar-refractivity contribution in [1.29, 1.82) is 0 Å². The van der Waals surface area contributed by atoms with E-state index in [1.807, 2.05) is 7.05 Å². The second-order valence-corrected chi connectivity index (χ2v) is 7.76. The van der Waals surface area contributed by atoms with Gasteiger partial charge in [-0.1, -0.05) is 32.1 Å². The van der Waals surface area contributed by atoms with Crippen LogP contribution in [0.2, 0.25) is 0 Å². The van der Waals surface area contributed by atoms with Gasteiger partial charge in [-0.15, -0.1) is 0 Å². The van der Waals surface area contributed by atoms with E-state index in [1.54, 1.807) is 0 Å². The zero-order valence-corrected chi connectivity index (χ0v) is 12.1. The number of hydrogen-bond donors (Lipinski definition) is 1.